The largest absolute Gasteiger partial charge is 0.322 e. The number of rotatable bonds is 6. The van der Waals surface area contributed by atoms with Crippen molar-refractivity contribution < 1.29 is 9.72 Å². The summed E-state index contributed by atoms with van der Waals surface area (Å²) in [4.78, 5) is 25.2. The van der Waals surface area contributed by atoms with E-state index in [1.165, 1.54) is 43.6 Å². The topological polar surface area (TPSA) is 75.5 Å². The molecule has 0 bridgehead atoms. The van der Waals surface area contributed by atoms with Crippen LogP contribution in [0.4, 0.5) is 11.4 Å². The fourth-order valence-electron chi connectivity index (χ4n) is 3.07. The molecular formula is C19H21N3O3. The van der Waals surface area contributed by atoms with Crippen LogP contribution in [0.25, 0.3) is 0 Å². The number of nitro benzene ring substituents is 1. The van der Waals surface area contributed by atoms with Gasteiger partial charge in [0.25, 0.3) is 11.6 Å². The summed E-state index contributed by atoms with van der Waals surface area (Å²) in [6.45, 7) is 3.43. The number of nitrogens with one attached hydrogen (secondary N) is 1. The third-order valence-corrected chi connectivity index (χ3v) is 4.47. The van der Waals surface area contributed by atoms with E-state index < -0.39 is 10.8 Å². The van der Waals surface area contributed by atoms with Crippen molar-refractivity contribution in [1.82, 2.24) is 4.90 Å². The maximum atomic E-state index is 12.3. The first-order valence-corrected chi connectivity index (χ1v) is 8.49. The average Bonchev–Trinajstić information content (AvgIpc) is 3.14. The van der Waals surface area contributed by atoms with Crippen LogP contribution in [0.1, 0.15) is 28.8 Å². The quantitative estimate of drug-likeness (QED) is 0.646. The molecule has 1 heterocycles. The normalized spacial score (nSPS) is 14.4. The molecule has 0 atom stereocenters. The highest BCUT2D eigenvalue weighted by molar-refractivity contribution is 6.07. The van der Waals surface area contributed by atoms with Crippen molar-refractivity contribution in [3.05, 3.63) is 69.8 Å². The summed E-state index contributed by atoms with van der Waals surface area (Å²) < 4.78 is 0. The third kappa shape index (κ3) is 4.42. The summed E-state index contributed by atoms with van der Waals surface area (Å²) in [5, 5.41) is 13.7. The van der Waals surface area contributed by atoms with Crippen molar-refractivity contribution in [2.75, 3.05) is 25.0 Å². The van der Waals surface area contributed by atoms with Crippen LogP contribution in [0.5, 0.6) is 0 Å². The SMILES string of the molecule is O=C(Nc1ccc(CCN2CCCC2)cc1)c1ccccc1[N+](=O)[O-]. The van der Waals surface area contributed by atoms with E-state index in [1.807, 2.05) is 24.3 Å². The Labute approximate surface area is 146 Å². The van der Waals surface area contributed by atoms with E-state index in [1.54, 1.807) is 12.1 Å². The molecule has 2 aromatic rings. The summed E-state index contributed by atoms with van der Waals surface area (Å²) in [7, 11) is 0. The number of nitro groups is 1. The number of hydrogen-bond acceptors (Lipinski definition) is 4. The lowest BCUT2D eigenvalue weighted by atomic mass is 10.1. The molecule has 3 rings (SSSR count). The van der Waals surface area contributed by atoms with E-state index in [-0.39, 0.29) is 11.3 Å². The molecule has 0 aromatic heterocycles. The van der Waals surface area contributed by atoms with Gasteiger partial charge in [-0.05, 0) is 56.1 Å². The van der Waals surface area contributed by atoms with Gasteiger partial charge in [-0.3, -0.25) is 14.9 Å². The van der Waals surface area contributed by atoms with Gasteiger partial charge in [-0.15, -0.1) is 0 Å². The molecule has 1 amide bonds. The molecule has 1 aliphatic heterocycles. The molecule has 0 spiro atoms. The zero-order chi connectivity index (χ0) is 17.6. The Bertz CT molecular complexity index is 753. The second kappa shape index (κ2) is 7.90. The Hall–Kier alpha value is -2.73. The number of likely N-dealkylation sites (tertiary alicyclic amines) is 1. The van der Waals surface area contributed by atoms with Gasteiger partial charge in [0.1, 0.15) is 5.56 Å². The lowest BCUT2D eigenvalue weighted by Gasteiger charge is -2.14. The van der Waals surface area contributed by atoms with E-state index in [9.17, 15) is 14.9 Å². The Balaban J connectivity index is 1.61. The highest BCUT2D eigenvalue weighted by Gasteiger charge is 2.19. The van der Waals surface area contributed by atoms with E-state index in [0.29, 0.717) is 5.69 Å². The molecule has 0 aliphatic carbocycles. The number of carbonyl (C=O) groups is 1. The molecule has 0 saturated carbocycles. The smallest absolute Gasteiger partial charge is 0.282 e. The maximum Gasteiger partial charge on any atom is 0.282 e. The highest BCUT2D eigenvalue weighted by atomic mass is 16.6. The number of carbonyl (C=O) groups excluding carboxylic acids is 1. The lowest BCUT2D eigenvalue weighted by molar-refractivity contribution is -0.385. The molecule has 2 aromatic carbocycles. The van der Waals surface area contributed by atoms with E-state index in [2.05, 4.69) is 10.2 Å². The Kier molecular flexibility index (Phi) is 5.40. The fourth-order valence-corrected chi connectivity index (χ4v) is 3.07. The molecule has 1 aliphatic rings. The highest BCUT2D eigenvalue weighted by Crippen LogP contribution is 2.20. The third-order valence-electron chi connectivity index (χ3n) is 4.47. The van der Waals surface area contributed by atoms with Crippen molar-refractivity contribution in [2.45, 2.75) is 19.3 Å². The standard InChI is InChI=1S/C19H21N3O3/c23-19(17-5-1-2-6-18(17)22(24)25)20-16-9-7-15(8-10-16)11-14-21-12-3-4-13-21/h1-2,5-10H,3-4,11-14H2,(H,20,23). The van der Waals surface area contributed by atoms with Crippen LogP contribution in [0.3, 0.4) is 0 Å². The molecular weight excluding hydrogens is 318 g/mol. The molecule has 1 N–H and O–H groups in total. The molecule has 1 fully saturated rings. The van der Waals surface area contributed by atoms with Crippen LogP contribution in [0.15, 0.2) is 48.5 Å². The van der Waals surface area contributed by atoms with Gasteiger partial charge < -0.3 is 10.2 Å². The second-order valence-electron chi connectivity index (χ2n) is 6.22. The van der Waals surface area contributed by atoms with Gasteiger partial charge in [-0.2, -0.15) is 0 Å². The fraction of sp³-hybridized carbons (Fsp3) is 0.316. The van der Waals surface area contributed by atoms with Gasteiger partial charge in [0, 0.05) is 18.3 Å². The number of benzene rings is 2. The zero-order valence-electron chi connectivity index (χ0n) is 14.0. The van der Waals surface area contributed by atoms with Crippen molar-refractivity contribution in [1.29, 1.82) is 0 Å². The molecule has 1 saturated heterocycles. The van der Waals surface area contributed by atoms with Gasteiger partial charge >= 0.3 is 0 Å². The van der Waals surface area contributed by atoms with Crippen LogP contribution >= 0.6 is 0 Å². The summed E-state index contributed by atoms with van der Waals surface area (Å²) in [6, 6.07) is 13.6. The summed E-state index contributed by atoms with van der Waals surface area (Å²) in [5.41, 5.74) is 1.72. The predicted molar refractivity (Wildman–Crippen MR) is 96.9 cm³/mol. The second-order valence-corrected chi connectivity index (χ2v) is 6.22. The zero-order valence-corrected chi connectivity index (χ0v) is 14.0. The Morgan fingerprint density at radius 1 is 1.08 bits per heavy atom. The monoisotopic (exact) mass is 339 g/mol. The lowest BCUT2D eigenvalue weighted by Crippen LogP contribution is -2.21. The number of para-hydroxylation sites is 1. The predicted octanol–water partition coefficient (Wildman–Crippen LogP) is 3.49. The average molecular weight is 339 g/mol. The van der Waals surface area contributed by atoms with Crippen LogP contribution in [-0.4, -0.2) is 35.4 Å². The maximum absolute atomic E-state index is 12.3. The molecule has 6 heteroatoms. The molecule has 0 radical (unpaired) electrons. The summed E-state index contributed by atoms with van der Waals surface area (Å²) >= 11 is 0. The van der Waals surface area contributed by atoms with Crippen molar-refractivity contribution in [3.63, 3.8) is 0 Å². The number of amides is 1. The molecule has 0 unspecified atom stereocenters. The molecule has 6 nitrogen and oxygen atoms in total. The van der Waals surface area contributed by atoms with E-state index >= 15 is 0 Å². The number of hydrogen-bond donors (Lipinski definition) is 1. The Morgan fingerprint density at radius 3 is 2.44 bits per heavy atom. The number of anilines is 1. The van der Waals surface area contributed by atoms with Gasteiger partial charge in [-0.1, -0.05) is 24.3 Å². The Morgan fingerprint density at radius 2 is 1.76 bits per heavy atom. The minimum absolute atomic E-state index is 0.0607. The van der Waals surface area contributed by atoms with Crippen molar-refractivity contribution in [2.24, 2.45) is 0 Å². The van der Waals surface area contributed by atoms with Crippen LogP contribution < -0.4 is 5.32 Å². The minimum Gasteiger partial charge on any atom is -0.322 e. The van der Waals surface area contributed by atoms with Crippen LogP contribution in [0.2, 0.25) is 0 Å². The molecule has 25 heavy (non-hydrogen) atoms. The van der Waals surface area contributed by atoms with Crippen molar-refractivity contribution in [3.8, 4) is 0 Å². The first kappa shape index (κ1) is 17.1. The first-order chi connectivity index (χ1) is 12.1. The summed E-state index contributed by atoms with van der Waals surface area (Å²) in [5.74, 6) is -0.475. The molecule has 130 valence electrons. The number of nitrogens with zero attached hydrogens (tertiary/aromatic N) is 2. The van der Waals surface area contributed by atoms with E-state index in [0.717, 1.165) is 13.0 Å². The van der Waals surface area contributed by atoms with Crippen molar-refractivity contribution >= 4 is 17.3 Å². The van der Waals surface area contributed by atoms with Gasteiger partial charge in [-0.25, -0.2) is 0 Å². The van der Waals surface area contributed by atoms with E-state index in [4.69, 9.17) is 0 Å². The van der Waals surface area contributed by atoms with Crippen LogP contribution in [-0.2, 0) is 6.42 Å². The minimum atomic E-state index is -0.545. The first-order valence-electron chi connectivity index (χ1n) is 8.49. The van der Waals surface area contributed by atoms with Gasteiger partial charge in [0.15, 0.2) is 0 Å². The van der Waals surface area contributed by atoms with Gasteiger partial charge in [0.2, 0.25) is 0 Å². The van der Waals surface area contributed by atoms with Gasteiger partial charge in [0.05, 0.1) is 4.92 Å². The summed E-state index contributed by atoms with van der Waals surface area (Å²) in [6.07, 6.45) is 3.56. The van der Waals surface area contributed by atoms with Crippen LogP contribution in [0, 0.1) is 10.1 Å².